The number of carbonyl (C=O) groups excluding carboxylic acids is 1. The Morgan fingerprint density at radius 1 is 0.842 bits per heavy atom. The lowest BCUT2D eigenvalue weighted by Gasteiger charge is -2.49. The lowest BCUT2D eigenvalue weighted by atomic mass is 9.17. The van der Waals surface area contributed by atoms with Crippen LogP contribution in [0, 0.1) is 0 Å². The number of aromatic nitrogens is 5. The standard InChI is InChI=1S/C22H13B8N7O/c1-36-10-31-9-15(36)14-4-12-5-16(34-8-13(12)7-33-14)35-18(38)11-2-3-32-17(6-11)37-21(27,28)19(23,24)20(25,26)22(37,29)30/h2-10H,1H3,(H,34,35,38). The van der Waals surface area contributed by atoms with Gasteiger partial charge in [0, 0.05) is 36.6 Å². The van der Waals surface area contributed by atoms with Crippen molar-refractivity contribution in [1.82, 2.24) is 24.5 Å². The van der Waals surface area contributed by atoms with Gasteiger partial charge in [0.1, 0.15) is 11.6 Å². The fourth-order valence-corrected chi connectivity index (χ4v) is 4.44. The topological polar surface area (TPSA) is 88.8 Å². The summed E-state index contributed by atoms with van der Waals surface area (Å²) in [5.41, 5.74) is 1.71. The van der Waals surface area contributed by atoms with Crippen LogP contribution in [0.2, 0.25) is 10.4 Å². The maximum Gasteiger partial charge on any atom is 0.257 e. The molecule has 1 aliphatic rings. The molecule has 0 saturated carbocycles. The van der Waals surface area contributed by atoms with Gasteiger partial charge in [-0.05, 0) is 40.3 Å². The van der Waals surface area contributed by atoms with Gasteiger partial charge in [0.15, 0.2) is 0 Å². The number of carbonyl (C=O) groups is 1. The SMILES string of the molecule is [B]C1([B])N(c2cc(C(=O)Nc3cc4cc(-c5cncn5C)ncc4cn3)ccn2)C([B])([B])C([B])([B])C1([B])[B]. The molecule has 16 heteroatoms. The Labute approximate surface area is 230 Å². The molecule has 166 valence electrons. The minimum atomic E-state index is -2.15. The number of nitrogens with one attached hydrogen (secondary N) is 1. The summed E-state index contributed by atoms with van der Waals surface area (Å²) in [6.45, 7) is 0. The van der Waals surface area contributed by atoms with Gasteiger partial charge in [-0.15, -0.1) is 10.4 Å². The maximum atomic E-state index is 13.1. The Bertz CT molecular complexity index is 1550. The third kappa shape index (κ3) is 3.75. The van der Waals surface area contributed by atoms with E-state index in [4.69, 9.17) is 62.8 Å². The van der Waals surface area contributed by atoms with Crippen LogP contribution in [0.3, 0.4) is 0 Å². The molecule has 1 fully saturated rings. The van der Waals surface area contributed by atoms with Crippen molar-refractivity contribution in [1.29, 1.82) is 0 Å². The van der Waals surface area contributed by atoms with Crippen LogP contribution in [0.5, 0.6) is 0 Å². The highest BCUT2D eigenvalue weighted by Gasteiger charge is 2.63. The maximum absolute atomic E-state index is 13.1. The second-order valence-corrected chi connectivity index (χ2v) is 9.46. The van der Waals surface area contributed by atoms with Gasteiger partial charge in [-0.2, -0.15) is 0 Å². The van der Waals surface area contributed by atoms with Crippen LogP contribution in [-0.4, -0.2) is 104 Å². The first-order chi connectivity index (χ1) is 17.7. The number of hydrogen-bond donors (Lipinski definition) is 1. The van der Waals surface area contributed by atoms with E-state index < -0.39 is 27.0 Å². The molecule has 4 aromatic heterocycles. The van der Waals surface area contributed by atoms with Gasteiger partial charge >= 0.3 is 0 Å². The summed E-state index contributed by atoms with van der Waals surface area (Å²) in [6, 6.07) is 6.41. The third-order valence-electron chi connectivity index (χ3n) is 6.91. The first kappa shape index (κ1) is 26.3. The lowest BCUT2D eigenvalue weighted by Crippen LogP contribution is -2.60. The molecule has 4 aromatic rings. The number of hydrogen-bond acceptors (Lipinski definition) is 6. The molecular formula is C22H13B8N7O. The lowest BCUT2D eigenvalue weighted by molar-refractivity contribution is 0.102. The quantitative estimate of drug-likeness (QED) is 0.394. The first-order valence-electron chi connectivity index (χ1n) is 11.3. The van der Waals surface area contributed by atoms with Gasteiger partial charge in [0.05, 0.1) is 86.7 Å². The van der Waals surface area contributed by atoms with E-state index in [0.717, 1.165) is 27.1 Å². The number of anilines is 2. The summed E-state index contributed by atoms with van der Waals surface area (Å²) in [4.78, 5) is 31.2. The first-order valence-corrected chi connectivity index (χ1v) is 11.3. The van der Waals surface area contributed by atoms with E-state index in [1.165, 1.54) is 18.3 Å². The molecule has 38 heavy (non-hydrogen) atoms. The van der Waals surface area contributed by atoms with Crippen LogP contribution in [-0.2, 0) is 7.05 Å². The zero-order valence-corrected chi connectivity index (χ0v) is 20.4. The summed E-state index contributed by atoms with van der Waals surface area (Å²) in [7, 11) is 51.1. The predicted octanol–water partition coefficient (Wildman–Crippen LogP) is -0.614. The van der Waals surface area contributed by atoms with Crippen molar-refractivity contribution in [3.63, 3.8) is 0 Å². The zero-order chi connectivity index (χ0) is 27.7. The number of nitrogens with zero attached hydrogens (tertiary/aromatic N) is 6. The Morgan fingerprint density at radius 3 is 2.13 bits per heavy atom. The van der Waals surface area contributed by atoms with Crippen molar-refractivity contribution in [2.45, 2.75) is 21.1 Å². The van der Waals surface area contributed by atoms with Crippen LogP contribution in [0.15, 0.2) is 55.4 Å². The number of aryl methyl sites for hydroxylation is 1. The fourth-order valence-electron chi connectivity index (χ4n) is 4.44. The summed E-state index contributed by atoms with van der Waals surface area (Å²) in [5.74, 6) is -0.239. The van der Waals surface area contributed by atoms with Gasteiger partial charge in [0.25, 0.3) is 5.91 Å². The second-order valence-electron chi connectivity index (χ2n) is 9.46. The van der Waals surface area contributed by atoms with E-state index in [9.17, 15) is 4.79 Å². The van der Waals surface area contributed by atoms with Crippen LogP contribution < -0.4 is 10.2 Å². The normalized spacial score (nSPS) is 18.8. The van der Waals surface area contributed by atoms with Crippen molar-refractivity contribution in [3.8, 4) is 11.4 Å². The molecule has 1 saturated heterocycles. The van der Waals surface area contributed by atoms with E-state index in [1.54, 1.807) is 31.0 Å². The van der Waals surface area contributed by atoms with E-state index in [1.807, 2.05) is 17.7 Å². The van der Waals surface area contributed by atoms with Gasteiger partial charge in [-0.25, -0.2) is 15.0 Å². The molecule has 1 aliphatic heterocycles. The molecule has 0 aliphatic carbocycles. The number of amides is 1. The molecule has 0 spiro atoms. The highest BCUT2D eigenvalue weighted by Crippen LogP contribution is 2.63. The summed E-state index contributed by atoms with van der Waals surface area (Å²) in [5, 5.41) is -4.23. The smallest absolute Gasteiger partial charge is 0.257 e. The molecule has 5 heterocycles. The van der Waals surface area contributed by atoms with Crippen LogP contribution in [0.25, 0.3) is 22.2 Å². The Balaban J connectivity index is 1.45. The Hall–Kier alpha value is -3.29. The predicted molar refractivity (Wildman–Crippen MR) is 153 cm³/mol. The highest BCUT2D eigenvalue weighted by molar-refractivity contribution is 6.69. The molecule has 1 amide bonds. The van der Waals surface area contributed by atoms with E-state index in [0.29, 0.717) is 5.82 Å². The summed E-state index contributed by atoms with van der Waals surface area (Å²) < 4.78 is 1.85. The van der Waals surface area contributed by atoms with E-state index >= 15 is 0 Å². The number of rotatable bonds is 4. The largest absolute Gasteiger partial charge is 0.382 e. The monoisotopic (exact) mass is 479 g/mol. The van der Waals surface area contributed by atoms with Crippen LogP contribution in [0.4, 0.5) is 11.6 Å². The van der Waals surface area contributed by atoms with Crippen molar-refractivity contribution in [3.05, 3.63) is 60.9 Å². The third-order valence-corrected chi connectivity index (χ3v) is 6.91. The van der Waals surface area contributed by atoms with Crippen molar-refractivity contribution in [2.24, 2.45) is 7.05 Å². The second kappa shape index (κ2) is 8.61. The van der Waals surface area contributed by atoms with Crippen LogP contribution >= 0.6 is 0 Å². The average molecular weight is 478 g/mol. The molecule has 0 aromatic carbocycles. The van der Waals surface area contributed by atoms with Gasteiger partial charge < -0.3 is 14.8 Å². The Kier molecular flexibility index (Phi) is 5.97. The molecule has 5 rings (SSSR count). The van der Waals surface area contributed by atoms with Gasteiger partial charge in [-0.3, -0.25) is 9.78 Å². The molecule has 0 unspecified atom stereocenters. The average Bonchev–Trinajstić information content (AvgIpc) is 3.31. The van der Waals surface area contributed by atoms with E-state index in [2.05, 4.69) is 25.3 Å². The van der Waals surface area contributed by atoms with E-state index in [-0.39, 0.29) is 11.4 Å². The molecule has 0 bridgehead atoms. The fraction of sp³-hybridized carbons (Fsp3) is 0.227. The molecule has 16 radical (unpaired) electrons. The molecule has 8 nitrogen and oxygen atoms in total. The highest BCUT2D eigenvalue weighted by atomic mass is 16.1. The molecule has 0 atom stereocenters. The van der Waals surface area contributed by atoms with Crippen LogP contribution in [0.1, 0.15) is 10.4 Å². The zero-order valence-electron chi connectivity index (χ0n) is 20.4. The van der Waals surface area contributed by atoms with Crippen molar-refractivity contribution < 1.29 is 4.79 Å². The van der Waals surface area contributed by atoms with Crippen molar-refractivity contribution in [2.75, 3.05) is 10.2 Å². The number of imidazole rings is 1. The minimum Gasteiger partial charge on any atom is -0.382 e. The Morgan fingerprint density at radius 2 is 1.50 bits per heavy atom. The molecular weight excluding hydrogens is 465 g/mol. The number of fused-ring (bicyclic) bond motifs is 1. The minimum absolute atomic E-state index is 0.0240. The summed E-state index contributed by atoms with van der Waals surface area (Å²) >= 11 is 0. The van der Waals surface area contributed by atoms with Crippen molar-refractivity contribution >= 4 is 91.1 Å². The van der Waals surface area contributed by atoms with Gasteiger partial charge in [0.2, 0.25) is 0 Å². The summed E-state index contributed by atoms with van der Waals surface area (Å²) in [6.07, 6.45) is 8.03. The molecule has 1 N–H and O–H groups in total. The van der Waals surface area contributed by atoms with Gasteiger partial charge in [-0.1, -0.05) is 0 Å². The number of pyridine rings is 3.